The summed E-state index contributed by atoms with van der Waals surface area (Å²) in [6.45, 7) is 1.17. The molecular formula is C10H12BrNO2S. The van der Waals surface area contributed by atoms with Gasteiger partial charge in [-0.25, -0.2) is 8.42 Å². The average Bonchev–Trinajstić information content (AvgIpc) is 2.67. The molecule has 0 bridgehead atoms. The zero-order valence-corrected chi connectivity index (χ0v) is 10.5. The fraction of sp³-hybridized carbons (Fsp3) is 0.400. The van der Waals surface area contributed by atoms with E-state index in [0.29, 0.717) is 18.0 Å². The fourth-order valence-electron chi connectivity index (χ4n) is 1.65. The lowest BCUT2D eigenvalue weighted by Gasteiger charge is -2.15. The minimum atomic E-state index is -3.27. The van der Waals surface area contributed by atoms with E-state index in [-0.39, 0.29) is 4.83 Å². The van der Waals surface area contributed by atoms with Crippen LogP contribution in [0.4, 0.5) is 0 Å². The third-order valence-electron chi connectivity index (χ3n) is 2.47. The summed E-state index contributed by atoms with van der Waals surface area (Å²) in [6.07, 6.45) is 0.881. The minimum Gasteiger partial charge on any atom is -0.207 e. The maximum Gasteiger partial charge on any atom is 0.243 e. The molecule has 82 valence electrons. The van der Waals surface area contributed by atoms with Crippen molar-refractivity contribution in [3.63, 3.8) is 0 Å². The van der Waals surface area contributed by atoms with Crippen molar-refractivity contribution in [2.24, 2.45) is 0 Å². The second-order valence-electron chi connectivity index (χ2n) is 3.56. The molecule has 1 unspecified atom stereocenters. The highest BCUT2D eigenvalue weighted by Crippen LogP contribution is 2.23. The van der Waals surface area contributed by atoms with Crippen molar-refractivity contribution in [3.05, 3.63) is 30.3 Å². The number of alkyl halides is 1. The molecule has 0 aromatic heterocycles. The zero-order chi connectivity index (χ0) is 10.9. The Morgan fingerprint density at radius 3 is 2.47 bits per heavy atom. The van der Waals surface area contributed by atoms with E-state index in [0.717, 1.165) is 6.42 Å². The molecule has 0 N–H and O–H groups in total. The summed E-state index contributed by atoms with van der Waals surface area (Å²) in [7, 11) is -3.27. The number of nitrogens with zero attached hydrogens (tertiary/aromatic N) is 1. The van der Waals surface area contributed by atoms with Crippen LogP contribution in [-0.2, 0) is 10.0 Å². The van der Waals surface area contributed by atoms with Crippen molar-refractivity contribution in [2.45, 2.75) is 16.1 Å². The summed E-state index contributed by atoms with van der Waals surface area (Å²) in [4.78, 5) is 0.669. The first kappa shape index (κ1) is 11.1. The molecule has 0 spiro atoms. The zero-order valence-electron chi connectivity index (χ0n) is 8.14. The highest BCUT2D eigenvalue weighted by atomic mass is 79.9. The third-order valence-corrected chi connectivity index (χ3v) is 5.10. The van der Waals surface area contributed by atoms with Crippen LogP contribution < -0.4 is 0 Å². The molecule has 2 rings (SSSR count). The number of hydrogen-bond acceptors (Lipinski definition) is 2. The molecule has 3 nitrogen and oxygen atoms in total. The predicted octanol–water partition coefficient (Wildman–Crippen LogP) is 1.84. The normalized spacial score (nSPS) is 23.1. The molecule has 1 aromatic rings. The van der Waals surface area contributed by atoms with E-state index in [1.54, 1.807) is 24.3 Å². The standard InChI is InChI=1S/C10H12BrNO2S/c11-9-6-7-12(8-9)15(13,14)10-4-2-1-3-5-10/h1-5,9H,6-8H2. The van der Waals surface area contributed by atoms with Gasteiger partial charge in [-0.15, -0.1) is 0 Å². The Bertz CT molecular complexity index is 432. The second-order valence-corrected chi connectivity index (χ2v) is 6.79. The molecule has 0 amide bonds. The van der Waals surface area contributed by atoms with Crippen LogP contribution in [0.1, 0.15) is 6.42 Å². The number of rotatable bonds is 2. The molecule has 1 saturated heterocycles. The Morgan fingerprint density at radius 1 is 1.27 bits per heavy atom. The monoisotopic (exact) mass is 289 g/mol. The highest BCUT2D eigenvalue weighted by Gasteiger charge is 2.30. The summed E-state index contributed by atoms with van der Waals surface area (Å²) < 4.78 is 25.7. The SMILES string of the molecule is O=S(=O)(c1ccccc1)N1CCC(Br)C1. The molecule has 1 aliphatic heterocycles. The molecule has 1 fully saturated rings. The first-order valence-electron chi connectivity index (χ1n) is 4.80. The van der Waals surface area contributed by atoms with Crippen LogP contribution in [0.2, 0.25) is 0 Å². The van der Waals surface area contributed by atoms with Gasteiger partial charge in [0, 0.05) is 17.9 Å². The summed E-state index contributed by atoms with van der Waals surface area (Å²) in [5, 5.41) is 0. The fourth-order valence-corrected chi connectivity index (χ4v) is 3.91. The van der Waals surface area contributed by atoms with Gasteiger partial charge in [-0.1, -0.05) is 34.1 Å². The van der Waals surface area contributed by atoms with Crippen molar-refractivity contribution in [2.75, 3.05) is 13.1 Å². The van der Waals surface area contributed by atoms with E-state index in [1.807, 2.05) is 6.07 Å². The maximum absolute atomic E-state index is 12.1. The number of sulfonamides is 1. The third kappa shape index (κ3) is 2.24. The van der Waals surface area contributed by atoms with Gasteiger partial charge in [-0.3, -0.25) is 0 Å². The van der Waals surface area contributed by atoms with Crippen LogP contribution in [-0.4, -0.2) is 30.6 Å². The van der Waals surface area contributed by atoms with Crippen LogP contribution in [0.3, 0.4) is 0 Å². The van der Waals surface area contributed by atoms with Gasteiger partial charge in [0.2, 0.25) is 10.0 Å². The summed E-state index contributed by atoms with van der Waals surface area (Å²) >= 11 is 3.44. The molecule has 0 saturated carbocycles. The van der Waals surface area contributed by atoms with Crippen LogP contribution in [0, 0.1) is 0 Å². The van der Waals surface area contributed by atoms with E-state index in [2.05, 4.69) is 15.9 Å². The van der Waals surface area contributed by atoms with E-state index < -0.39 is 10.0 Å². The van der Waals surface area contributed by atoms with E-state index >= 15 is 0 Å². The number of halogens is 1. The molecule has 1 aromatic carbocycles. The van der Waals surface area contributed by atoms with Gasteiger partial charge in [0.15, 0.2) is 0 Å². The van der Waals surface area contributed by atoms with E-state index in [9.17, 15) is 8.42 Å². The molecule has 1 atom stereocenters. The van der Waals surface area contributed by atoms with Gasteiger partial charge < -0.3 is 0 Å². The largest absolute Gasteiger partial charge is 0.243 e. The molecular weight excluding hydrogens is 278 g/mol. The van der Waals surface area contributed by atoms with Crippen molar-refractivity contribution in [1.82, 2.24) is 4.31 Å². The lowest BCUT2D eigenvalue weighted by atomic mass is 10.4. The second kappa shape index (κ2) is 4.23. The van der Waals surface area contributed by atoms with Gasteiger partial charge in [0.05, 0.1) is 4.90 Å². The summed E-state index contributed by atoms with van der Waals surface area (Å²) in [5.74, 6) is 0. The average molecular weight is 290 g/mol. The Hall–Kier alpha value is -0.390. The molecule has 15 heavy (non-hydrogen) atoms. The minimum absolute atomic E-state index is 0.288. The van der Waals surface area contributed by atoms with Gasteiger partial charge in [-0.2, -0.15) is 4.31 Å². The lowest BCUT2D eigenvalue weighted by molar-refractivity contribution is 0.478. The first-order chi connectivity index (χ1) is 7.10. The van der Waals surface area contributed by atoms with Crippen molar-refractivity contribution < 1.29 is 8.42 Å². The van der Waals surface area contributed by atoms with Crippen LogP contribution in [0.5, 0.6) is 0 Å². The Kier molecular flexibility index (Phi) is 3.13. The van der Waals surface area contributed by atoms with Crippen molar-refractivity contribution >= 4 is 26.0 Å². The smallest absolute Gasteiger partial charge is 0.207 e. The molecule has 0 aliphatic carbocycles. The molecule has 0 radical (unpaired) electrons. The van der Waals surface area contributed by atoms with Gasteiger partial charge in [0.25, 0.3) is 0 Å². The quantitative estimate of drug-likeness (QED) is 0.779. The van der Waals surface area contributed by atoms with Crippen molar-refractivity contribution in [1.29, 1.82) is 0 Å². The van der Waals surface area contributed by atoms with E-state index in [4.69, 9.17) is 0 Å². The Balaban J connectivity index is 2.28. The van der Waals surface area contributed by atoms with Crippen molar-refractivity contribution in [3.8, 4) is 0 Å². The Morgan fingerprint density at radius 2 is 1.93 bits per heavy atom. The molecule has 5 heteroatoms. The number of hydrogen-bond donors (Lipinski definition) is 0. The van der Waals surface area contributed by atoms with Gasteiger partial charge in [-0.05, 0) is 18.6 Å². The summed E-state index contributed by atoms with van der Waals surface area (Å²) in [5.41, 5.74) is 0. The maximum atomic E-state index is 12.1. The highest BCUT2D eigenvalue weighted by molar-refractivity contribution is 9.09. The number of benzene rings is 1. The molecule has 1 heterocycles. The van der Waals surface area contributed by atoms with Gasteiger partial charge >= 0.3 is 0 Å². The van der Waals surface area contributed by atoms with Gasteiger partial charge in [0.1, 0.15) is 0 Å². The van der Waals surface area contributed by atoms with E-state index in [1.165, 1.54) is 4.31 Å². The topological polar surface area (TPSA) is 37.4 Å². The first-order valence-corrected chi connectivity index (χ1v) is 7.15. The summed E-state index contributed by atoms with van der Waals surface area (Å²) in [6, 6.07) is 8.58. The van der Waals surface area contributed by atoms with Crippen LogP contribution >= 0.6 is 15.9 Å². The lowest BCUT2D eigenvalue weighted by Crippen LogP contribution is -2.28. The Labute approximate surface area is 98.3 Å². The van der Waals surface area contributed by atoms with Crippen LogP contribution in [0.15, 0.2) is 35.2 Å². The molecule has 1 aliphatic rings. The predicted molar refractivity (Wildman–Crippen MR) is 62.5 cm³/mol. The van der Waals surface area contributed by atoms with Crippen LogP contribution in [0.25, 0.3) is 0 Å².